The van der Waals surface area contributed by atoms with Crippen LogP contribution in [0.1, 0.15) is 44.3 Å². The predicted octanol–water partition coefficient (Wildman–Crippen LogP) is 2.75. The van der Waals surface area contributed by atoms with Gasteiger partial charge in [-0.3, -0.25) is 4.98 Å². The highest BCUT2D eigenvalue weighted by Crippen LogP contribution is 2.17. The van der Waals surface area contributed by atoms with E-state index in [2.05, 4.69) is 22.1 Å². The maximum absolute atomic E-state index is 12.9. The molecule has 4 heteroatoms. The van der Waals surface area contributed by atoms with Gasteiger partial charge in [0.2, 0.25) is 0 Å². The van der Waals surface area contributed by atoms with Crippen molar-refractivity contribution in [2.24, 2.45) is 0 Å². The SMILES string of the molecule is CCCNC(CCN1CCCC1)c1ccc(F)cn1. The molecule has 2 rings (SSSR count). The van der Waals surface area contributed by atoms with Crippen molar-refractivity contribution in [3.8, 4) is 0 Å². The number of likely N-dealkylation sites (tertiary alicyclic amines) is 1. The van der Waals surface area contributed by atoms with E-state index in [1.807, 2.05) is 0 Å². The number of nitrogens with one attached hydrogen (secondary N) is 1. The molecule has 0 radical (unpaired) electrons. The van der Waals surface area contributed by atoms with Crippen molar-refractivity contribution in [3.63, 3.8) is 0 Å². The first-order valence-corrected chi connectivity index (χ1v) is 7.37. The second kappa shape index (κ2) is 7.56. The standard InChI is InChI=1S/C15H24FN3/c1-2-8-17-15(7-11-19-9-3-4-10-19)14-6-5-13(16)12-18-14/h5-6,12,15,17H,2-4,7-11H2,1H3. The lowest BCUT2D eigenvalue weighted by Crippen LogP contribution is -2.29. The van der Waals surface area contributed by atoms with Crippen LogP contribution in [-0.4, -0.2) is 36.1 Å². The van der Waals surface area contributed by atoms with Gasteiger partial charge in [0, 0.05) is 0 Å². The van der Waals surface area contributed by atoms with Crippen molar-refractivity contribution in [1.82, 2.24) is 15.2 Å². The molecule has 1 aliphatic rings. The molecular weight excluding hydrogens is 241 g/mol. The average Bonchev–Trinajstić information content (AvgIpc) is 2.93. The van der Waals surface area contributed by atoms with Crippen LogP contribution in [0, 0.1) is 5.82 Å². The van der Waals surface area contributed by atoms with Crippen molar-refractivity contribution in [2.75, 3.05) is 26.2 Å². The fourth-order valence-corrected chi connectivity index (χ4v) is 2.58. The van der Waals surface area contributed by atoms with E-state index in [-0.39, 0.29) is 11.9 Å². The smallest absolute Gasteiger partial charge is 0.141 e. The molecule has 0 saturated carbocycles. The first-order chi connectivity index (χ1) is 9.29. The van der Waals surface area contributed by atoms with Gasteiger partial charge in [-0.1, -0.05) is 6.92 Å². The van der Waals surface area contributed by atoms with Crippen LogP contribution in [0.4, 0.5) is 4.39 Å². The minimum absolute atomic E-state index is 0.237. The fraction of sp³-hybridized carbons (Fsp3) is 0.667. The Morgan fingerprint density at radius 3 is 2.79 bits per heavy atom. The molecule has 1 saturated heterocycles. The third-order valence-corrected chi connectivity index (χ3v) is 3.68. The molecule has 1 N–H and O–H groups in total. The summed E-state index contributed by atoms with van der Waals surface area (Å²) in [7, 11) is 0. The van der Waals surface area contributed by atoms with Crippen molar-refractivity contribution in [2.45, 2.75) is 38.6 Å². The Morgan fingerprint density at radius 2 is 2.16 bits per heavy atom. The molecule has 0 bridgehead atoms. The highest BCUT2D eigenvalue weighted by atomic mass is 19.1. The number of halogens is 1. The summed E-state index contributed by atoms with van der Waals surface area (Å²) >= 11 is 0. The van der Waals surface area contributed by atoms with Gasteiger partial charge in [0.05, 0.1) is 17.9 Å². The van der Waals surface area contributed by atoms with Gasteiger partial charge in [0.1, 0.15) is 5.82 Å². The van der Waals surface area contributed by atoms with E-state index in [1.54, 1.807) is 6.07 Å². The molecule has 0 amide bonds. The molecule has 0 spiro atoms. The van der Waals surface area contributed by atoms with Gasteiger partial charge in [-0.15, -0.1) is 0 Å². The zero-order valence-electron chi connectivity index (χ0n) is 11.7. The molecule has 1 fully saturated rings. The minimum Gasteiger partial charge on any atom is -0.309 e. The van der Waals surface area contributed by atoms with E-state index >= 15 is 0 Å². The Hall–Kier alpha value is -1.00. The second-order valence-corrected chi connectivity index (χ2v) is 5.25. The van der Waals surface area contributed by atoms with E-state index in [1.165, 1.54) is 38.2 Å². The van der Waals surface area contributed by atoms with E-state index in [9.17, 15) is 4.39 Å². The number of rotatable bonds is 7. The lowest BCUT2D eigenvalue weighted by Gasteiger charge is -2.21. The lowest BCUT2D eigenvalue weighted by atomic mass is 10.1. The Morgan fingerprint density at radius 1 is 1.37 bits per heavy atom. The van der Waals surface area contributed by atoms with Crippen molar-refractivity contribution >= 4 is 0 Å². The summed E-state index contributed by atoms with van der Waals surface area (Å²) in [6.07, 6.45) is 6.09. The number of aromatic nitrogens is 1. The van der Waals surface area contributed by atoms with E-state index in [4.69, 9.17) is 0 Å². The number of hydrogen-bond acceptors (Lipinski definition) is 3. The molecular formula is C15H24FN3. The molecule has 2 heterocycles. The van der Waals surface area contributed by atoms with Crippen LogP contribution in [0.25, 0.3) is 0 Å². The number of nitrogens with zero attached hydrogens (tertiary/aromatic N) is 2. The van der Waals surface area contributed by atoms with Crippen LogP contribution in [0.5, 0.6) is 0 Å². The van der Waals surface area contributed by atoms with Gasteiger partial charge in [-0.2, -0.15) is 0 Å². The summed E-state index contributed by atoms with van der Waals surface area (Å²) in [4.78, 5) is 6.72. The van der Waals surface area contributed by atoms with Crippen LogP contribution in [0.3, 0.4) is 0 Å². The normalized spacial score (nSPS) is 17.8. The van der Waals surface area contributed by atoms with Crippen molar-refractivity contribution < 1.29 is 4.39 Å². The molecule has 106 valence electrons. The summed E-state index contributed by atoms with van der Waals surface area (Å²) in [6, 6.07) is 3.53. The molecule has 3 nitrogen and oxygen atoms in total. The Labute approximate surface area is 115 Å². The molecule has 1 aromatic rings. The number of hydrogen-bond donors (Lipinski definition) is 1. The highest BCUT2D eigenvalue weighted by Gasteiger charge is 2.16. The third-order valence-electron chi connectivity index (χ3n) is 3.68. The first kappa shape index (κ1) is 14.4. The monoisotopic (exact) mass is 265 g/mol. The maximum atomic E-state index is 12.9. The summed E-state index contributed by atoms with van der Waals surface area (Å²) in [6.45, 7) is 6.67. The Bertz CT molecular complexity index is 360. The maximum Gasteiger partial charge on any atom is 0.141 e. The summed E-state index contributed by atoms with van der Waals surface area (Å²) in [5, 5.41) is 3.52. The van der Waals surface area contributed by atoms with Gasteiger partial charge >= 0.3 is 0 Å². The largest absolute Gasteiger partial charge is 0.309 e. The van der Waals surface area contributed by atoms with Crippen LogP contribution in [-0.2, 0) is 0 Å². The Kier molecular flexibility index (Phi) is 5.73. The Balaban J connectivity index is 1.91. The van der Waals surface area contributed by atoms with Crippen molar-refractivity contribution in [3.05, 3.63) is 29.8 Å². The third kappa shape index (κ3) is 4.55. The zero-order valence-corrected chi connectivity index (χ0v) is 11.7. The topological polar surface area (TPSA) is 28.2 Å². The predicted molar refractivity (Wildman–Crippen MR) is 75.5 cm³/mol. The lowest BCUT2D eigenvalue weighted by molar-refractivity contribution is 0.308. The average molecular weight is 265 g/mol. The first-order valence-electron chi connectivity index (χ1n) is 7.37. The van der Waals surface area contributed by atoms with E-state index < -0.39 is 0 Å². The number of pyridine rings is 1. The minimum atomic E-state index is -0.266. The van der Waals surface area contributed by atoms with Crippen LogP contribution >= 0.6 is 0 Å². The molecule has 1 aliphatic heterocycles. The van der Waals surface area contributed by atoms with Gasteiger partial charge in [-0.25, -0.2) is 4.39 Å². The van der Waals surface area contributed by atoms with Crippen LogP contribution in [0.15, 0.2) is 18.3 Å². The zero-order chi connectivity index (χ0) is 13.5. The molecule has 19 heavy (non-hydrogen) atoms. The molecule has 1 aromatic heterocycles. The highest BCUT2D eigenvalue weighted by molar-refractivity contribution is 5.10. The molecule has 1 unspecified atom stereocenters. The van der Waals surface area contributed by atoms with Gasteiger partial charge in [0.25, 0.3) is 0 Å². The molecule has 1 atom stereocenters. The second-order valence-electron chi connectivity index (χ2n) is 5.25. The summed E-state index contributed by atoms with van der Waals surface area (Å²) in [5.41, 5.74) is 0.953. The quantitative estimate of drug-likeness (QED) is 0.821. The van der Waals surface area contributed by atoms with E-state index in [0.717, 1.165) is 31.6 Å². The van der Waals surface area contributed by atoms with Crippen molar-refractivity contribution in [1.29, 1.82) is 0 Å². The van der Waals surface area contributed by atoms with E-state index in [0.29, 0.717) is 0 Å². The molecule has 0 aromatic carbocycles. The summed E-state index contributed by atoms with van der Waals surface area (Å²) < 4.78 is 12.9. The summed E-state index contributed by atoms with van der Waals surface area (Å²) in [5.74, 6) is -0.266. The fourth-order valence-electron chi connectivity index (χ4n) is 2.58. The van der Waals surface area contributed by atoms with Gasteiger partial charge in [-0.05, 0) is 64.0 Å². The van der Waals surface area contributed by atoms with Gasteiger partial charge < -0.3 is 10.2 Å². The molecule has 0 aliphatic carbocycles. The van der Waals surface area contributed by atoms with Crippen LogP contribution in [0.2, 0.25) is 0 Å². The van der Waals surface area contributed by atoms with Gasteiger partial charge in [0.15, 0.2) is 0 Å². The van der Waals surface area contributed by atoms with Crippen LogP contribution < -0.4 is 5.32 Å².